The van der Waals surface area contributed by atoms with Gasteiger partial charge in [-0.15, -0.1) is 5.10 Å². The number of fused-ring (bicyclic) bond motifs is 1. The molecule has 1 atom stereocenters. The van der Waals surface area contributed by atoms with Crippen molar-refractivity contribution in [2.75, 3.05) is 11.9 Å². The predicted molar refractivity (Wildman–Crippen MR) is 109 cm³/mol. The number of pyridine rings is 1. The van der Waals surface area contributed by atoms with E-state index in [1.807, 2.05) is 0 Å². The van der Waals surface area contributed by atoms with Crippen LogP contribution in [-0.2, 0) is 6.18 Å². The fraction of sp³-hybridized carbons (Fsp3) is 0.136. The number of rotatable bonds is 5. The molecule has 1 unspecified atom stereocenters. The Morgan fingerprint density at radius 3 is 2.41 bits per heavy atom. The molecule has 0 bridgehead atoms. The number of aromatic nitrogens is 3. The van der Waals surface area contributed by atoms with Gasteiger partial charge in [0.15, 0.2) is 5.82 Å². The highest BCUT2D eigenvalue weighted by Gasteiger charge is 2.30. The number of aliphatic hydroxyl groups is 2. The SMILES string of the molecule is OCC(O)c1cnc(-c2ccc3c(Nc4ccc(C(F)(F)F)cc4)nncc3c2)c(F)c1. The van der Waals surface area contributed by atoms with Crippen LogP contribution in [-0.4, -0.2) is 32.0 Å². The van der Waals surface area contributed by atoms with Gasteiger partial charge >= 0.3 is 6.18 Å². The fourth-order valence-electron chi connectivity index (χ4n) is 3.16. The summed E-state index contributed by atoms with van der Waals surface area (Å²) in [7, 11) is 0. The smallest absolute Gasteiger partial charge is 0.393 e. The topological polar surface area (TPSA) is 91.2 Å². The Morgan fingerprint density at radius 1 is 1.00 bits per heavy atom. The van der Waals surface area contributed by atoms with E-state index in [1.54, 1.807) is 18.2 Å². The van der Waals surface area contributed by atoms with Gasteiger partial charge in [-0.3, -0.25) is 4.98 Å². The van der Waals surface area contributed by atoms with E-state index >= 15 is 0 Å². The second kappa shape index (κ2) is 8.48. The molecule has 2 aromatic heterocycles. The van der Waals surface area contributed by atoms with Crippen molar-refractivity contribution in [1.82, 2.24) is 15.2 Å². The van der Waals surface area contributed by atoms with Crippen LogP contribution >= 0.6 is 0 Å². The summed E-state index contributed by atoms with van der Waals surface area (Å²) in [5, 5.41) is 30.7. The Bertz CT molecular complexity index is 1260. The van der Waals surface area contributed by atoms with E-state index in [0.29, 0.717) is 27.8 Å². The first-order valence-corrected chi connectivity index (χ1v) is 9.40. The first kappa shape index (κ1) is 21.6. The van der Waals surface area contributed by atoms with E-state index < -0.39 is 30.3 Å². The average Bonchev–Trinajstić information content (AvgIpc) is 2.78. The Hall–Kier alpha value is -3.63. The second-order valence-corrected chi connectivity index (χ2v) is 6.99. The van der Waals surface area contributed by atoms with Gasteiger partial charge in [0, 0.05) is 33.8 Å². The molecular weight excluding hydrogens is 428 g/mol. The molecule has 0 spiro atoms. The Kier molecular flexibility index (Phi) is 5.72. The monoisotopic (exact) mass is 444 g/mol. The molecular formula is C22H16F4N4O2. The van der Waals surface area contributed by atoms with Crippen LogP contribution in [0.5, 0.6) is 0 Å². The molecule has 6 nitrogen and oxygen atoms in total. The van der Waals surface area contributed by atoms with E-state index in [0.717, 1.165) is 18.2 Å². The summed E-state index contributed by atoms with van der Waals surface area (Å²) in [6, 6.07) is 10.6. The Labute approximate surface area is 179 Å². The van der Waals surface area contributed by atoms with Crippen molar-refractivity contribution in [2.24, 2.45) is 0 Å². The van der Waals surface area contributed by atoms with Crippen LogP contribution in [0.15, 0.2) is 60.9 Å². The largest absolute Gasteiger partial charge is 0.416 e. The van der Waals surface area contributed by atoms with Gasteiger partial charge in [-0.2, -0.15) is 18.3 Å². The number of nitrogens with zero attached hydrogens (tertiary/aromatic N) is 3. The summed E-state index contributed by atoms with van der Waals surface area (Å²) < 4.78 is 52.8. The molecule has 0 aliphatic carbocycles. The molecule has 2 aromatic carbocycles. The van der Waals surface area contributed by atoms with Gasteiger partial charge in [0.05, 0.1) is 18.4 Å². The highest BCUT2D eigenvalue weighted by molar-refractivity contribution is 5.95. The van der Waals surface area contributed by atoms with E-state index in [9.17, 15) is 22.7 Å². The van der Waals surface area contributed by atoms with Crippen molar-refractivity contribution >= 4 is 22.3 Å². The molecule has 32 heavy (non-hydrogen) atoms. The van der Waals surface area contributed by atoms with Crippen LogP contribution in [0, 0.1) is 5.82 Å². The summed E-state index contributed by atoms with van der Waals surface area (Å²) >= 11 is 0. The number of benzene rings is 2. The molecule has 0 aliphatic rings. The lowest BCUT2D eigenvalue weighted by atomic mass is 10.0. The standard InChI is InChI=1S/C22H16F4N4O2/c23-18-8-14(19(32)11-31)9-27-20(18)12-1-6-17-13(7-12)10-28-30-21(17)29-16-4-2-15(3-5-16)22(24,25)26/h1-10,19,31-32H,11H2,(H,29,30). The molecule has 0 saturated carbocycles. The van der Waals surface area contributed by atoms with Gasteiger partial charge in [0.2, 0.25) is 0 Å². The maximum absolute atomic E-state index is 14.5. The normalized spacial score (nSPS) is 12.7. The summed E-state index contributed by atoms with van der Waals surface area (Å²) in [5.74, 6) is -0.344. The summed E-state index contributed by atoms with van der Waals surface area (Å²) in [5.41, 5.74) is 0.296. The van der Waals surface area contributed by atoms with Crippen molar-refractivity contribution in [3.63, 3.8) is 0 Å². The van der Waals surface area contributed by atoms with Crippen molar-refractivity contribution in [1.29, 1.82) is 0 Å². The minimum atomic E-state index is -4.42. The van der Waals surface area contributed by atoms with Gasteiger partial charge in [-0.1, -0.05) is 6.07 Å². The molecule has 10 heteroatoms. The lowest BCUT2D eigenvalue weighted by Crippen LogP contribution is -2.05. The number of aliphatic hydroxyl groups excluding tert-OH is 2. The van der Waals surface area contributed by atoms with Gasteiger partial charge in [0.1, 0.15) is 17.6 Å². The zero-order valence-corrected chi connectivity index (χ0v) is 16.3. The van der Waals surface area contributed by atoms with Crippen LogP contribution in [0.25, 0.3) is 22.0 Å². The van der Waals surface area contributed by atoms with Crippen LogP contribution in [0.4, 0.5) is 29.1 Å². The molecule has 0 amide bonds. The van der Waals surface area contributed by atoms with Crippen LogP contribution < -0.4 is 5.32 Å². The zero-order chi connectivity index (χ0) is 22.9. The summed E-state index contributed by atoms with van der Waals surface area (Å²) in [6.45, 7) is -0.552. The number of alkyl halides is 3. The van der Waals surface area contributed by atoms with Crippen LogP contribution in [0.1, 0.15) is 17.2 Å². The molecule has 0 fully saturated rings. The van der Waals surface area contributed by atoms with Crippen molar-refractivity contribution < 1.29 is 27.8 Å². The second-order valence-electron chi connectivity index (χ2n) is 6.99. The molecule has 3 N–H and O–H groups in total. The third-order valence-corrected chi connectivity index (χ3v) is 4.83. The summed E-state index contributed by atoms with van der Waals surface area (Å²) in [6.07, 6.45) is -2.90. The van der Waals surface area contributed by atoms with Crippen LogP contribution in [0.2, 0.25) is 0 Å². The average molecular weight is 444 g/mol. The minimum absolute atomic E-state index is 0.0508. The van der Waals surface area contributed by atoms with E-state index in [4.69, 9.17) is 5.11 Å². The van der Waals surface area contributed by atoms with Crippen molar-refractivity contribution in [2.45, 2.75) is 12.3 Å². The highest BCUT2D eigenvalue weighted by atomic mass is 19.4. The molecule has 164 valence electrons. The molecule has 0 aliphatic heterocycles. The quantitative estimate of drug-likeness (QED) is 0.389. The third kappa shape index (κ3) is 4.36. The van der Waals surface area contributed by atoms with Gasteiger partial charge in [-0.05, 0) is 42.5 Å². The molecule has 4 aromatic rings. The first-order valence-electron chi connectivity index (χ1n) is 9.40. The molecule has 4 rings (SSSR count). The maximum atomic E-state index is 14.5. The van der Waals surface area contributed by atoms with Gasteiger partial charge in [0.25, 0.3) is 0 Å². The zero-order valence-electron chi connectivity index (χ0n) is 16.3. The number of halogens is 4. The minimum Gasteiger partial charge on any atom is -0.393 e. The third-order valence-electron chi connectivity index (χ3n) is 4.83. The predicted octanol–water partition coefficient (Wildman–Crippen LogP) is 4.62. The highest BCUT2D eigenvalue weighted by Crippen LogP contribution is 2.32. The number of hydrogen-bond donors (Lipinski definition) is 3. The number of nitrogens with one attached hydrogen (secondary N) is 1. The lowest BCUT2D eigenvalue weighted by molar-refractivity contribution is -0.137. The van der Waals surface area contributed by atoms with E-state index in [2.05, 4.69) is 20.5 Å². The number of anilines is 2. The molecule has 0 radical (unpaired) electrons. The van der Waals surface area contributed by atoms with Gasteiger partial charge < -0.3 is 15.5 Å². The Balaban J connectivity index is 1.64. The first-order chi connectivity index (χ1) is 15.3. The van der Waals surface area contributed by atoms with Crippen molar-refractivity contribution in [3.8, 4) is 11.3 Å². The molecule has 0 saturated heterocycles. The van der Waals surface area contributed by atoms with Crippen molar-refractivity contribution in [3.05, 3.63) is 77.9 Å². The van der Waals surface area contributed by atoms with E-state index in [-0.39, 0.29) is 11.3 Å². The molecule has 2 heterocycles. The van der Waals surface area contributed by atoms with Crippen LogP contribution in [0.3, 0.4) is 0 Å². The van der Waals surface area contributed by atoms with Gasteiger partial charge in [-0.25, -0.2) is 4.39 Å². The van der Waals surface area contributed by atoms with E-state index in [1.165, 1.54) is 24.5 Å². The summed E-state index contributed by atoms with van der Waals surface area (Å²) in [4.78, 5) is 4.05. The number of hydrogen-bond acceptors (Lipinski definition) is 6. The fourth-order valence-corrected chi connectivity index (χ4v) is 3.16. The lowest BCUT2D eigenvalue weighted by Gasteiger charge is -2.12. The maximum Gasteiger partial charge on any atom is 0.416 e. The Morgan fingerprint density at radius 2 is 1.75 bits per heavy atom.